The van der Waals surface area contributed by atoms with Crippen molar-refractivity contribution < 1.29 is 0 Å². The third-order valence-corrected chi connectivity index (χ3v) is 4.88. The van der Waals surface area contributed by atoms with Gasteiger partial charge in [0.15, 0.2) is 0 Å². The Balaban J connectivity index is 4.01. The van der Waals surface area contributed by atoms with E-state index in [-0.39, 0.29) is 0 Å². The van der Waals surface area contributed by atoms with Crippen LogP contribution in [0.3, 0.4) is 0 Å². The van der Waals surface area contributed by atoms with Crippen LogP contribution in [0.1, 0.15) is 73.6 Å². The standard InChI is InChI=1S/C19H42N2/c1-7-13-19(17-21(10-4)11-5)15-12-14-18(6)16-20(8-2)9-3/h18-19H,7-17H2,1-6H3. The number of nitrogens with zero attached hydrogens (tertiary/aromatic N) is 2. The predicted octanol–water partition coefficient (Wildman–Crippen LogP) is 4.89. The van der Waals surface area contributed by atoms with Crippen LogP contribution in [0.15, 0.2) is 0 Å². The molecule has 128 valence electrons. The first-order valence-corrected chi connectivity index (χ1v) is 9.55. The van der Waals surface area contributed by atoms with Gasteiger partial charge >= 0.3 is 0 Å². The number of hydrogen-bond donors (Lipinski definition) is 0. The molecule has 0 fully saturated rings. The average molecular weight is 299 g/mol. The van der Waals surface area contributed by atoms with E-state index in [0.29, 0.717) is 0 Å². The van der Waals surface area contributed by atoms with Crippen LogP contribution >= 0.6 is 0 Å². The summed E-state index contributed by atoms with van der Waals surface area (Å²) in [5, 5.41) is 0. The molecule has 2 unspecified atom stereocenters. The highest BCUT2D eigenvalue weighted by atomic mass is 15.1. The van der Waals surface area contributed by atoms with E-state index in [1.54, 1.807) is 0 Å². The predicted molar refractivity (Wildman–Crippen MR) is 97.0 cm³/mol. The van der Waals surface area contributed by atoms with Gasteiger partial charge in [0, 0.05) is 13.1 Å². The second kappa shape index (κ2) is 13.6. The summed E-state index contributed by atoms with van der Waals surface area (Å²) in [6.45, 7) is 21.3. The number of hydrogen-bond acceptors (Lipinski definition) is 2. The molecule has 0 aromatic rings. The molecule has 2 heteroatoms. The van der Waals surface area contributed by atoms with E-state index < -0.39 is 0 Å². The lowest BCUT2D eigenvalue weighted by Gasteiger charge is -2.26. The van der Waals surface area contributed by atoms with E-state index in [1.165, 1.54) is 71.4 Å². The van der Waals surface area contributed by atoms with Gasteiger partial charge in [-0.2, -0.15) is 0 Å². The normalized spacial score (nSPS) is 14.9. The van der Waals surface area contributed by atoms with Crippen molar-refractivity contribution in [3.8, 4) is 0 Å². The summed E-state index contributed by atoms with van der Waals surface area (Å²) in [5.74, 6) is 1.76. The maximum absolute atomic E-state index is 2.60. The highest BCUT2D eigenvalue weighted by molar-refractivity contribution is 4.67. The van der Waals surface area contributed by atoms with Crippen molar-refractivity contribution in [1.82, 2.24) is 9.80 Å². The van der Waals surface area contributed by atoms with Crippen LogP contribution < -0.4 is 0 Å². The van der Waals surface area contributed by atoms with Crippen LogP contribution in [-0.2, 0) is 0 Å². The van der Waals surface area contributed by atoms with Gasteiger partial charge in [-0.1, -0.05) is 54.4 Å². The van der Waals surface area contributed by atoms with E-state index in [2.05, 4.69) is 51.3 Å². The van der Waals surface area contributed by atoms with Crippen molar-refractivity contribution in [3.63, 3.8) is 0 Å². The van der Waals surface area contributed by atoms with E-state index in [0.717, 1.165) is 11.8 Å². The molecule has 0 radical (unpaired) electrons. The van der Waals surface area contributed by atoms with Crippen LogP contribution in [0.4, 0.5) is 0 Å². The van der Waals surface area contributed by atoms with E-state index >= 15 is 0 Å². The third kappa shape index (κ3) is 10.3. The van der Waals surface area contributed by atoms with Crippen molar-refractivity contribution in [3.05, 3.63) is 0 Å². The summed E-state index contributed by atoms with van der Waals surface area (Å²) in [7, 11) is 0. The molecule has 0 aliphatic carbocycles. The van der Waals surface area contributed by atoms with Crippen LogP contribution in [0.25, 0.3) is 0 Å². The zero-order valence-electron chi connectivity index (χ0n) is 15.8. The maximum atomic E-state index is 2.60. The van der Waals surface area contributed by atoms with Crippen molar-refractivity contribution >= 4 is 0 Å². The minimum Gasteiger partial charge on any atom is -0.304 e. The van der Waals surface area contributed by atoms with Gasteiger partial charge in [-0.15, -0.1) is 0 Å². The summed E-state index contributed by atoms with van der Waals surface area (Å²) < 4.78 is 0. The van der Waals surface area contributed by atoms with Crippen LogP contribution in [0, 0.1) is 11.8 Å². The largest absolute Gasteiger partial charge is 0.304 e. The van der Waals surface area contributed by atoms with Crippen LogP contribution in [-0.4, -0.2) is 49.1 Å². The second-order valence-electron chi connectivity index (χ2n) is 6.66. The summed E-state index contributed by atoms with van der Waals surface area (Å²) in [6.07, 6.45) is 6.97. The lowest BCUT2D eigenvalue weighted by Crippen LogP contribution is -2.30. The third-order valence-electron chi connectivity index (χ3n) is 4.88. The Hall–Kier alpha value is -0.0800. The maximum Gasteiger partial charge on any atom is 0.000942 e. The summed E-state index contributed by atoms with van der Waals surface area (Å²) in [5.41, 5.74) is 0. The van der Waals surface area contributed by atoms with Gasteiger partial charge in [0.2, 0.25) is 0 Å². The molecule has 2 atom stereocenters. The molecule has 21 heavy (non-hydrogen) atoms. The van der Waals surface area contributed by atoms with Crippen molar-refractivity contribution in [2.24, 2.45) is 11.8 Å². The molecule has 0 aliphatic heterocycles. The Bertz CT molecular complexity index is 210. The molecule has 0 aliphatic rings. The van der Waals surface area contributed by atoms with Gasteiger partial charge in [0.25, 0.3) is 0 Å². The first kappa shape index (κ1) is 20.9. The van der Waals surface area contributed by atoms with Crippen LogP contribution in [0.5, 0.6) is 0 Å². The molecule has 0 N–H and O–H groups in total. The minimum absolute atomic E-state index is 0.848. The molecule has 0 aromatic heterocycles. The molecule has 0 bridgehead atoms. The first-order chi connectivity index (χ1) is 10.1. The Kier molecular flexibility index (Phi) is 13.5. The topological polar surface area (TPSA) is 6.48 Å². The van der Waals surface area contributed by atoms with Gasteiger partial charge in [0.1, 0.15) is 0 Å². The van der Waals surface area contributed by atoms with E-state index in [9.17, 15) is 0 Å². The summed E-state index contributed by atoms with van der Waals surface area (Å²) in [4.78, 5) is 5.16. The monoisotopic (exact) mass is 298 g/mol. The lowest BCUT2D eigenvalue weighted by atomic mass is 9.93. The lowest BCUT2D eigenvalue weighted by molar-refractivity contribution is 0.222. The molecule has 0 spiro atoms. The van der Waals surface area contributed by atoms with Gasteiger partial charge in [0.05, 0.1) is 0 Å². The average Bonchev–Trinajstić information content (AvgIpc) is 2.50. The summed E-state index contributed by atoms with van der Waals surface area (Å²) >= 11 is 0. The molecular formula is C19H42N2. The van der Waals surface area contributed by atoms with Gasteiger partial charge in [-0.05, 0) is 57.3 Å². The zero-order valence-corrected chi connectivity index (χ0v) is 15.8. The molecule has 0 saturated carbocycles. The van der Waals surface area contributed by atoms with E-state index in [1.807, 2.05) is 0 Å². The first-order valence-electron chi connectivity index (χ1n) is 9.55. The molecule has 0 amide bonds. The smallest absolute Gasteiger partial charge is 0.000942 e. The Morgan fingerprint density at radius 1 is 0.667 bits per heavy atom. The second-order valence-corrected chi connectivity index (χ2v) is 6.66. The summed E-state index contributed by atoms with van der Waals surface area (Å²) in [6, 6.07) is 0. The van der Waals surface area contributed by atoms with E-state index in [4.69, 9.17) is 0 Å². The fourth-order valence-electron chi connectivity index (χ4n) is 3.35. The van der Waals surface area contributed by atoms with Gasteiger partial charge < -0.3 is 9.80 Å². The minimum atomic E-state index is 0.848. The van der Waals surface area contributed by atoms with Crippen molar-refractivity contribution in [1.29, 1.82) is 0 Å². The van der Waals surface area contributed by atoms with Gasteiger partial charge in [-0.3, -0.25) is 0 Å². The molecule has 0 saturated heterocycles. The quantitative estimate of drug-likeness (QED) is 0.450. The fraction of sp³-hybridized carbons (Fsp3) is 1.00. The highest BCUT2D eigenvalue weighted by Crippen LogP contribution is 2.19. The Morgan fingerprint density at radius 2 is 1.19 bits per heavy atom. The SMILES string of the molecule is CCCC(CCCC(C)CN(CC)CC)CN(CC)CC. The van der Waals surface area contributed by atoms with Crippen molar-refractivity contribution in [2.45, 2.75) is 73.6 Å². The zero-order chi connectivity index (χ0) is 16.1. The number of rotatable bonds is 14. The molecule has 0 heterocycles. The molecule has 0 rings (SSSR count). The van der Waals surface area contributed by atoms with Crippen LogP contribution in [0.2, 0.25) is 0 Å². The van der Waals surface area contributed by atoms with Gasteiger partial charge in [-0.25, -0.2) is 0 Å². The fourth-order valence-corrected chi connectivity index (χ4v) is 3.35. The molecule has 2 nitrogen and oxygen atoms in total. The molecular weight excluding hydrogens is 256 g/mol. The Morgan fingerprint density at radius 3 is 1.67 bits per heavy atom. The Labute approximate surface area is 135 Å². The molecule has 0 aromatic carbocycles. The van der Waals surface area contributed by atoms with Crippen molar-refractivity contribution in [2.75, 3.05) is 39.3 Å². The highest BCUT2D eigenvalue weighted by Gasteiger charge is 2.13.